The normalized spacial score (nSPS) is 11.9. The third-order valence-corrected chi connectivity index (χ3v) is 10.2. The molecule has 0 radical (unpaired) electrons. The van der Waals surface area contributed by atoms with E-state index in [0.29, 0.717) is 0 Å². The van der Waals surface area contributed by atoms with Crippen molar-refractivity contribution in [2.24, 2.45) is 0 Å². The van der Waals surface area contributed by atoms with E-state index in [1.165, 1.54) is 92.7 Å². The minimum atomic E-state index is 1.04. The van der Waals surface area contributed by atoms with E-state index in [1.807, 2.05) is 6.92 Å². The predicted molar refractivity (Wildman–Crippen MR) is 218 cm³/mol. The number of benzene rings is 8. The molecular formula is C49H37N. The fourth-order valence-electron chi connectivity index (χ4n) is 8.06. The smallest absolute Gasteiger partial charge is 0.0547 e. The molecule has 238 valence electrons. The van der Waals surface area contributed by atoms with Crippen LogP contribution in [-0.2, 0) is 0 Å². The Morgan fingerprint density at radius 2 is 0.940 bits per heavy atom. The zero-order valence-corrected chi connectivity index (χ0v) is 28.7. The molecule has 0 atom stereocenters. The first kappa shape index (κ1) is 29.9. The number of nitrogens with zero attached hydrogens (tertiary/aromatic N) is 1. The van der Waals surface area contributed by atoms with Crippen molar-refractivity contribution in [3.8, 4) is 16.8 Å². The summed E-state index contributed by atoms with van der Waals surface area (Å²) in [5.74, 6) is 0. The van der Waals surface area contributed by atoms with Crippen molar-refractivity contribution < 1.29 is 0 Å². The molecule has 9 rings (SSSR count). The highest BCUT2D eigenvalue weighted by atomic mass is 15.0. The quantitative estimate of drug-likeness (QED) is 0.130. The lowest BCUT2D eigenvalue weighted by Crippen LogP contribution is -1.96. The first-order chi connectivity index (χ1) is 24.5. The van der Waals surface area contributed by atoms with Crippen LogP contribution in [0.25, 0.3) is 87.3 Å². The molecule has 1 nitrogen and oxygen atoms in total. The Labute approximate surface area is 292 Å². The predicted octanol–water partition coefficient (Wildman–Crippen LogP) is 14.0. The number of rotatable bonds is 5. The van der Waals surface area contributed by atoms with Crippen LogP contribution in [-0.4, -0.2) is 4.57 Å². The van der Waals surface area contributed by atoms with Gasteiger partial charge in [-0.05, 0) is 110 Å². The molecule has 0 aliphatic heterocycles. The van der Waals surface area contributed by atoms with E-state index in [1.54, 1.807) is 0 Å². The number of allylic oxidation sites excluding steroid dienone is 5. The van der Waals surface area contributed by atoms with Crippen molar-refractivity contribution in [1.29, 1.82) is 0 Å². The Hall–Kier alpha value is -6.18. The van der Waals surface area contributed by atoms with E-state index in [9.17, 15) is 0 Å². The van der Waals surface area contributed by atoms with Gasteiger partial charge in [0, 0.05) is 16.5 Å². The van der Waals surface area contributed by atoms with Gasteiger partial charge >= 0.3 is 0 Å². The van der Waals surface area contributed by atoms with E-state index in [0.717, 1.165) is 11.3 Å². The molecule has 1 heterocycles. The van der Waals surface area contributed by atoms with Crippen LogP contribution in [0.15, 0.2) is 175 Å². The van der Waals surface area contributed by atoms with Crippen molar-refractivity contribution >= 4 is 70.5 Å². The van der Waals surface area contributed by atoms with Gasteiger partial charge in [0.15, 0.2) is 0 Å². The molecule has 0 aliphatic rings. The molecule has 0 N–H and O–H groups in total. The van der Waals surface area contributed by atoms with Gasteiger partial charge in [0.05, 0.1) is 11.0 Å². The molecule has 50 heavy (non-hydrogen) atoms. The molecule has 0 amide bonds. The minimum absolute atomic E-state index is 1.04. The fourth-order valence-corrected chi connectivity index (χ4v) is 8.06. The highest BCUT2D eigenvalue weighted by Crippen LogP contribution is 2.44. The summed E-state index contributed by atoms with van der Waals surface area (Å²) < 4.78 is 2.45. The molecule has 0 spiro atoms. The molecule has 1 heteroatoms. The second-order valence-electron chi connectivity index (χ2n) is 13.7. The Morgan fingerprint density at radius 3 is 1.42 bits per heavy atom. The van der Waals surface area contributed by atoms with Crippen LogP contribution >= 0.6 is 0 Å². The van der Waals surface area contributed by atoms with Crippen molar-refractivity contribution in [1.82, 2.24) is 4.57 Å². The summed E-state index contributed by atoms with van der Waals surface area (Å²) in [5.41, 5.74) is 10.9. The lowest BCUT2D eigenvalue weighted by molar-refractivity contribution is 1.18. The van der Waals surface area contributed by atoms with Gasteiger partial charge in [-0.2, -0.15) is 0 Å². The van der Waals surface area contributed by atoms with Crippen molar-refractivity contribution in [3.63, 3.8) is 0 Å². The van der Waals surface area contributed by atoms with Crippen molar-refractivity contribution in [3.05, 3.63) is 181 Å². The summed E-state index contributed by atoms with van der Waals surface area (Å²) in [4.78, 5) is 0. The van der Waals surface area contributed by atoms with E-state index in [-0.39, 0.29) is 0 Å². The molecule has 8 aromatic carbocycles. The SMILES string of the molecule is C=C(C)C=CC(=C(C)C)c1c2ccccc2c(-c2ccc(-n3c4ccc5ccccc5c4c4c5ccccc5ccc43)cc2)c2ccccc12. The van der Waals surface area contributed by atoms with Gasteiger partial charge in [-0.15, -0.1) is 0 Å². The first-order valence-electron chi connectivity index (χ1n) is 17.4. The summed E-state index contributed by atoms with van der Waals surface area (Å²) in [5, 5.41) is 12.7. The molecule has 0 unspecified atom stereocenters. The second kappa shape index (κ2) is 11.8. The standard InChI is InChI=1S/C49H37N/c1-31(2)21-28-37(32(3)4)47-42-19-11-9-17-40(42)46(41-18-10-12-20-43(41)47)35-22-26-36(27-23-35)50-44-29-24-33-13-5-7-15-38(33)48(44)49-39-16-8-6-14-34(39)25-30-45(49)50/h5-30H,1H2,2-4H3. The van der Waals surface area contributed by atoms with Gasteiger partial charge in [-0.25, -0.2) is 0 Å². The number of fused-ring (bicyclic) bond motifs is 9. The average Bonchev–Trinajstić information content (AvgIpc) is 3.50. The summed E-state index contributed by atoms with van der Waals surface area (Å²) in [6.45, 7) is 10.6. The highest BCUT2D eigenvalue weighted by molar-refractivity contribution is 6.28. The summed E-state index contributed by atoms with van der Waals surface area (Å²) >= 11 is 0. The van der Waals surface area contributed by atoms with Crippen LogP contribution in [0.2, 0.25) is 0 Å². The maximum Gasteiger partial charge on any atom is 0.0547 e. The Morgan fingerprint density at radius 1 is 0.480 bits per heavy atom. The zero-order valence-electron chi connectivity index (χ0n) is 28.7. The van der Waals surface area contributed by atoms with Gasteiger partial charge < -0.3 is 4.57 Å². The number of hydrogen-bond donors (Lipinski definition) is 0. The van der Waals surface area contributed by atoms with Gasteiger partial charge in [0.1, 0.15) is 0 Å². The van der Waals surface area contributed by atoms with E-state index >= 15 is 0 Å². The van der Waals surface area contributed by atoms with Crippen LogP contribution in [0.5, 0.6) is 0 Å². The molecular weight excluding hydrogens is 603 g/mol. The maximum atomic E-state index is 4.13. The van der Waals surface area contributed by atoms with Crippen LogP contribution < -0.4 is 0 Å². The van der Waals surface area contributed by atoms with Gasteiger partial charge in [-0.3, -0.25) is 0 Å². The second-order valence-corrected chi connectivity index (χ2v) is 13.7. The van der Waals surface area contributed by atoms with E-state index in [4.69, 9.17) is 0 Å². The minimum Gasteiger partial charge on any atom is -0.309 e. The molecule has 0 bridgehead atoms. The van der Waals surface area contributed by atoms with Gasteiger partial charge in [0.25, 0.3) is 0 Å². The first-order valence-corrected chi connectivity index (χ1v) is 17.4. The summed E-state index contributed by atoms with van der Waals surface area (Å²) in [6, 6.07) is 53.6. The van der Waals surface area contributed by atoms with Crippen molar-refractivity contribution in [2.45, 2.75) is 20.8 Å². The third-order valence-electron chi connectivity index (χ3n) is 10.2. The van der Waals surface area contributed by atoms with Gasteiger partial charge in [0.2, 0.25) is 0 Å². The van der Waals surface area contributed by atoms with Crippen LogP contribution in [0, 0.1) is 0 Å². The lowest BCUT2D eigenvalue weighted by atomic mass is 9.84. The molecule has 1 aromatic heterocycles. The Balaban J connectivity index is 1.30. The summed E-state index contributed by atoms with van der Waals surface area (Å²) in [7, 11) is 0. The molecule has 0 fully saturated rings. The Bertz CT molecular complexity index is 2740. The highest BCUT2D eigenvalue weighted by Gasteiger charge is 2.20. The van der Waals surface area contributed by atoms with E-state index < -0.39 is 0 Å². The van der Waals surface area contributed by atoms with Crippen LogP contribution in [0.1, 0.15) is 26.3 Å². The third kappa shape index (κ3) is 4.62. The van der Waals surface area contributed by atoms with Crippen LogP contribution in [0.3, 0.4) is 0 Å². The van der Waals surface area contributed by atoms with Crippen molar-refractivity contribution in [2.75, 3.05) is 0 Å². The number of hydrogen-bond acceptors (Lipinski definition) is 0. The lowest BCUT2D eigenvalue weighted by Gasteiger charge is -2.19. The average molecular weight is 640 g/mol. The molecule has 9 aromatic rings. The summed E-state index contributed by atoms with van der Waals surface area (Å²) in [6.07, 6.45) is 4.36. The molecule has 0 aliphatic carbocycles. The maximum absolute atomic E-state index is 4.13. The van der Waals surface area contributed by atoms with E-state index in [2.05, 4.69) is 183 Å². The number of aromatic nitrogens is 1. The van der Waals surface area contributed by atoms with Crippen LogP contribution in [0.4, 0.5) is 0 Å². The molecule has 0 saturated heterocycles. The monoisotopic (exact) mass is 639 g/mol. The fraction of sp³-hybridized carbons (Fsp3) is 0.0612. The van der Waals surface area contributed by atoms with Gasteiger partial charge in [-0.1, -0.05) is 151 Å². The zero-order chi connectivity index (χ0) is 33.9. The Kier molecular flexibility index (Phi) is 7.03. The molecule has 0 saturated carbocycles. The topological polar surface area (TPSA) is 4.93 Å². The largest absolute Gasteiger partial charge is 0.309 e.